The summed E-state index contributed by atoms with van der Waals surface area (Å²) >= 11 is 0. The largest absolute Gasteiger partial charge is 0.383 e. The van der Waals surface area contributed by atoms with Gasteiger partial charge in [-0.1, -0.05) is 24.0 Å². The van der Waals surface area contributed by atoms with Crippen molar-refractivity contribution >= 4 is 17.2 Å². The Morgan fingerprint density at radius 3 is 2.67 bits per heavy atom. The number of amides is 1. The van der Waals surface area contributed by atoms with E-state index in [1.165, 1.54) is 35.1 Å². The lowest BCUT2D eigenvalue weighted by atomic mass is 10.1. The molecule has 0 radical (unpaired) electrons. The van der Waals surface area contributed by atoms with Gasteiger partial charge in [0.2, 0.25) is 0 Å². The van der Waals surface area contributed by atoms with Crippen LogP contribution in [0, 0.1) is 17.7 Å². The summed E-state index contributed by atoms with van der Waals surface area (Å²) in [7, 11) is 0. The fourth-order valence-electron chi connectivity index (χ4n) is 3.25. The van der Waals surface area contributed by atoms with Crippen molar-refractivity contribution in [2.24, 2.45) is 0 Å². The van der Waals surface area contributed by atoms with Gasteiger partial charge in [-0.15, -0.1) is 0 Å². The number of carbonyl (C=O) groups is 1. The highest BCUT2D eigenvalue weighted by Crippen LogP contribution is 2.24. The lowest BCUT2D eigenvalue weighted by molar-refractivity contribution is 0.0941. The molecule has 0 aliphatic carbocycles. The molecular weight excluding hydrogens is 431 g/mol. The van der Waals surface area contributed by atoms with E-state index < -0.39 is 12.5 Å². The molecule has 33 heavy (non-hydrogen) atoms. The highest BCUT2D eigenvalue weighted by Gasteiger charge is 2.17. The molecule has 0 unspecified atom stereocenters. The Kier molecular flexibility index (Phi) is 6.00. The van der Waals surface area contributed by atoms with Gasteiger partial charge in [-0.2, -0.15) is 5.10 Å². The molecular formula is C24H18F3N5O. The zero-order chi connectivity index (χ0) is 23.5. The van der Waals surface area contributed by atoms with E-state index in [-0.39, 0.29) is 28.7 Å². The standard InChI is InChI=1S/C24H18F3N5O/c1-14(17-3-2-4-18(25)11-17)31-24(33)20-13-30-32-8-7-15(10-21(20)32)5-6-16-9-19(22(26)27)23(28)29-12-16/h2-4,7-14,22H,1H3,(H2,28,29)(H,31,33)/t14-/m0/s1. The molecule has 4 rings (SSSR count). The number of fused-ring (bicyclic) bond motifs is 1. The van der Waals surface area contributed by atoms with Crippen LogP contribution in [0.3, 0.4) is 0 Å². The fourth-order valence-corrected chi connectivity index (χ4v) is 3.25. The van der Waals surface area contributed by atoms with E-state index >= 15 is 0 Å². The van der Waals surface area contributed by atoms with Gasteiger partial charge in [0.1, 0.15) is 11.6 Å². The Labute approximate surface area is 187 Å². The molecule has 6 nitrogen and oxygen atoms in total. The van der Waals surface area contributed by atoms with Crippen molar-refractivity contribution in [3.63, 3.8) is 0 Å². The summed E-state index contributed by atoms with van der Waals surface area (Å²) in [6.45, 7) is 1.75. The van der Waals surface area contributed by atoms with Gasteiger partial charge in [0, 0.05) is 23.5 Å². The number of pyridine rings is 2. The van der Waals surface area contributed by atoms with E-state index in [1.54, 1.807) is 37.4 Å². The van der Waals surface area contributed by atoms with E-state index in [4.69, 9.17) is 5.73 Å². The van der Waals surface area contributed by atoms with Crippen molar-refractivity contribution in [3.05, 3.63) is 94.7 Å². The molecule has 4 aromatic rings. The number of nitrogens with one attached hydrogen (secondary N) is 1. The zero-order valence-corrected chi connectivity index (χ0v) is 17.4. The number of nitrogens with two attached hydrogens (primary N) is 1. The van der Waals surface area contributed by atoms with Crippen LogP contribution < -0.4 is 11.1 Å². The number of nitrogens with zero attached hydrogens (tertiary/aromatic N) is 3. The smallest absolute Gasteiger partial charge is 0.267 e. The fraction of sp³-hybridized carbons (Fsp3) is 0.125. The zero-order valence-electron chi connectivity index (χ0n) is 17.4. The van der Waals surface area contributed by atoms with Crippen LogP contribution in [0.25, 0.3) is 5.52 Å². The third-order valence-corrected chi connectivity index (χ3v) is 5.00. The van der Waals surface area contributed by atoms with Crippen LogP contribution in [-0.4, -0.2) is 20.5 Å². The molecule has 0 spiro atoms. The topological polar surface area (TPSA) is 85.3 Å². The molecule has 0 saturated carbocycles. The van der Waals surface area contributed by atoms with Gasteiger partial charge in [-0.3, -0.25) is 4.79 Å². The number of aromatic nitrogens is 3. The number of hydrogen-bond donors (Lipinski definition) is 2. The van der Waals surface area contributed by atoms with Crippen LogP contribution in [0.4, 0.5) is 19.0 Å². The predicted octanol–water partition coefficient (Wildman–Crippen LogP) is 4.28. The summed E-state index contributed by atoms with van der Waals surface area (Å²) in [4.78, 5) is 16.6. The van der Waals surface area contributed by atoms with Crippen molar-refractivity contribution in [2.75, 3.05) is 5.73 Å². The molecule has 0 fully saturated rings. The van der Waals surface area contributed by atoms with Gasteiger partial charge in [-0.25, -0.2) is 22.7 Å². The number of carbonyl (C=O) groups excluding carboxylic acids is 1. The van der Waals surface area contributed by atoms with E-state index in [0.717, 1.165) is 0 Å². The highest BCUT2D eigenvalue weighted by molar-refractivity contribution is 6.01. The summed E-state index contributed by atoms with van der Waals surface area (Å²) in [5.41, 5.74) is 7.38. The van der Waals surface area contributed by atoms with E-state index in [9.17, 15) is 18.0 Å². The minimum atomic E-state index is -2.75. The molecule has 3 heterocycles. The van der Waals surface area contributed by atoms with Gasteiger partial charge >= 0.3 is 0 Å². The Morgan fingerprint density at radius 1 is 1.12 bits per heavy atom. The molecule has 9 heteroatoms. The maximum absolute atomic E-state index is 13.5. The first-order chi connectivity index (χ1) is 15.8. The normalized spacial score (nSPS) is 11.8. The Morgan fingerprint density at radius 2 is 1.91 bits per heavy atom. The maximum atomic E-state index is 13.5. The predicted molar refractivity (Wildman–Crippen MR) is 117 cm³/mol. The quantitative estimate of drug-likeness (QED) is 0.456. The molecule has 0 aliphatic rings. The number of halogens is 3. The monoisotopic (exact) mass is 449 g/mol. The molecule has 1 atom stereocenters. The first-order valence-corrected chi connectivity index (χ1v) is 9.91. The maximum Gasteiger partial charge on any atom is 0.267 e. The second kappa shape index (κ2) is 9.04. The van der Waals surface area contributed by atoms with Gasteiger partial charge < -0.3 is 11.1 Å². The minimum absolute atomic E-state index is 0.237. The summed E-state index contributed by atoms with van der Waals surface area (Å²) in [6, 6.07) is 10.1. The van der Waals surface area contributed by atoms with Crippen molar-refractivity contribution < 1.29 is 18.0 Å². The summed E-state index contributed by atoms with van der Waals surface area (Å²) in [6.07, 6.45) is 1.63. The third kappa shape index (κ3) is 4.80. The number of hydrogen-bond acceptors (Lipinski definition) is 4. The van der Waals surface area contributed by atoms with Crippen LogP contribution in [0.2, 0.25) is 0 Å². The van der Waals surface area contributed by atoms with Crippen molar-refractivity contribution in [2.45, 2.75) is 19.4 Å². The van der Waals surface area contributed by atoms with Crippen LogP contribution in [0.1, 0.15) is 52.0 Å². The highest BCUT2D eigenvalue weighted by atomic mass is 19.3. The first-order valence-electron chi connectivity index (χ1n) is 9.91. The number of benzene rings is 1. The van der Waals surface area contributed by atoms with Crippen LogP contribution in [0.5, 0.6) is 0 Å². The average molecular weight is 449 g/mol. The molecule has 3 N–H and O–H groups in total. The molecule has 3 aromatic heterocycles. The van der Waals surface area contributed by atoms with Gasteiger partial charge in [0.05, 0.1) is 28.9 Å². The molecule has 0 bridgehead atoms. The molecule has 0 saturated heterocycles. The second-order valence-corrected chi connectivity index (χ2v) is 7.30. The van der Waals surface area contributed by atoms with Crippen LogP contribution in [-0.2, 0) is 0 Å². The van der Waals surface area contributed by atoms with Crippen molar-refractivity contribution in [3.8, 4) is 11.8 Å². The second-order valence-electron chi connectivity index (χ2n) is 7.30. The number of nitrogen functional groups attached to an aromatic ring is 1. The van der Waals surface area contributed by atoms with Gasteiger partial charge in [0.25, 0.3) is 12.3 Å². The van der Waals surface area contributed by atoms with E-state index in [0.29, 0.717) is 22.2 Å². The van der Waals surface area contributed by atoms with Gasteiger partial charge in [0.15, 0.2) is 0 Å². The summed E-state index contributed by atoms with van der Waals surface area (Å²) in [5.74, 6) is 4.66. The van der Waals surface area contributed by atoms with Gasteiger partial charge in [-0.05, 0) is 42.8 Å². The summed E-state index contributed by atoms with van der Waals surface area (Å²) < 4.78 is 41.0. The number of alkyl halides is 2. The van der Waals surface area contributed by atoms with E-state index in [1.807, 2.05) is 0 Å². The lowest BCUT2D eigenvalue weighted by Gasteiger charge is -2.14. The molecule has 166 valence electrons. The van der Waals surface area contributed by atoms with Crippen LogP contribution in [0.15, 0.2) is 61.1 Å². The minimum Gasteiger partial charge on any atom is -0.383 e. The Bertz CT molecular complexity index is 1400. The lowest BCUT2D eigenvalue weighted by Crippen LogP contribution is -2.26. The Balaban J connectivity index is 1.59. The van der Waals surface area contributed by atoms with Crippen LogP contribution >= 0.6 is 0 Å². The van der Waals surface area contributed by atoms with Crippen molar-refractivity contribution in [1.29, 1.82) is 0 Å². The first kappa shape index (κ1) is 21.9. The SMILES string of the molecule is C[C@H](NC(=O)c1cnn2ccc(C#Cc3cnc(N)c(C(F)F)c3)cc12)c1cccc(F)c1. The van der Waals surface area contributed by atoms with E-state index in [2.05, 4.69) is 27.2 Å². The number of anilines is 1. The molecule has 1 amide bonds. The average Bonchev–Trinajstić information content (AvgIpc) is 3.21. The molecule has 1 aromatic carbocycles. The number of rotatable bonds is 4. The molecule has 0 aliphatic heterocycles. The summed E-state index contributed by atoms with van der Waals surface area (Å²) in [5, 5.41) is 7.01. The van der Waals surface area contributed by atoms with Crippen molar-refractivity contribution in [1.82, 2.24) is 19.9 Å². The third-order valence-electron chi connectivity index (χ3n) is 5.00. The Hall–Kier alpha value is -4.32.